The van der Waals surface area contributed by atoms with Gasteiger partial charge in [0.15, 0.2) is 5.82 Å². The molecule has 0 aliphatic carbocycles. The number of carboxylic acid groups (broad SMARTS) is 1. The van der Waals surface area contributed by atoms with E-state index < -0.39 is 17.6 Å². The summed E-state index contributed by atoms with van der Waals surface area (Å²) in [6.07, 6.45) is 0. The molecule has 1 N–H and O–H groups in total. The topological polar surface area (TPSA) is 37.3 Å². The minimum absolute atomic E-state index is 0.0561. The summed E-state index contributed by atoms with van der Waals surface area (Å²) in [5.74, 6) is -2.73. The summed E-state index contributed by atoms with van der Waals surface area (Å²) in [6, 6.07) is 5.86. The van der Waals surface area contributed by atoms with E-state index in [9.17, 15) is 13.6 Å². The zero-order valence-corrected chi connectivity index (χ0v) is 11.6. The van der Waals surface area contributed by atoms with Gasteiger partial charge in [-0.25, -0.2) is 13.6 Å². The fourth-order valence-corrected chi connectivity index (χ4v) is 2.13. The van der Waals surface area contributed by atoms with Gasteiger partial charge in [-0.15, -0.1) is 0 Å². The second-order valence-corrected chi connectivity index (χ2v) is 4.95. The van der Waals surface area contributed by atoms with Crippen molar-refractivity contribution in [1.29, 1.82) is 0 Å². The van der Waals surface area contributed by atoms with Crippen LogP contribution in [0, 0.1) is 11.6 Å². The number of carboxylic acids is 1. The normalized spacial score (nSPS) is 10.5. The van der Waals surface area contributed by atoms with Gasteiger partial charge in [0.05, 0.1) is 10.6 Å². The second-order valence-electron chi connectivity index (χ2n) is 3.72. The first kappa shape index (κ1) is 14.0. The molecule has 0 aliphatic heterocycles. The van der Waals surface area contributed by atoms with Crippen LogP contribution in [0.25, 0.3) is 11.1 Å². The molecule has 98 valence electrons. The monoisotopic (exact) mass is 346 g/mol. The summed E-state index contributed by atoms with van der Waals surface area (Å²) < 4.78 is 27.6. The number of benzene rings is 2. The average molecular weight is 348 g/mol. The van der Waals surface area contributed by atoms with E-state index >= 15 is 0 Å². The molecule has 6 heteroatoms. The van der Waals surface area contributed by atoms with Crippen molar-refractivity contribution in [2.75, 3.05) is 0 Å². The third kappa shape index (κ3) is 2.62. The van der Waals surface area contributed by atoms with Gasteiger partial charge < -0.3 is 5.11 Å². The molecular formula is C13H6BrClF2O2. The largest absolute Gasteiger partial charge is 0.478 e. The molecule has 0 spiro atoms. The van der Waals surface area contributed by atoms with Crippen LogP contribution in [-0.2, 0) is 0 Å². The molecule has 2 aromatic rings. The third-order valence-corrected chi connectivity index (χ3v) is 3.80. The fourth-order valence-electron chi connectivity index (χ4n) is 1.66. The first-order valence-electron chi connectivity index (χ1n) is 5.08. The van der Waals surface area contributed by atoms with Crippen molar-refractivity contribution in [3.05, 3.63) is 57.0 Å². The van der Waals surface area contributed by atoms with Gasteiger partial charge in [0.2, 0.25) is 0 Å². The molecule has 0 unspecified atom stereocenters. The maximum Gasteiger partial charge on any atom is 0.336 e. The average Bonchev–Trinajstić information content (AvgIpc) is 2.35. The van der Waals surface area contributed by atoms with E-state index in [1.807, 2.05) is 0 Å². The van der Waals surface area contributed by atoms with Crippen LogP contribution < -0.4 is 0 Å². The lowest BCUT2D eigenvalue weighted by atomic mass is 9.99. The van der Waals surface area contributed by atoms with E-state index in [4.69, 9.17) is 16.7 Å². The van der Waals surface area contributed by atoms with Gasteiger partial charge in [0, 0.05) is 15.6 Å². The van der Waals surface area contributed by atoms with E-state index in [0.29, 0.717) is 4.47 Å². The summed E-state index contributed by atoms with van der Waals surface area (Å²) in [4.78, 5) is 11.1. The SMILES string of the molecule is O=C(O)c1ccc(F)cc1-c1ccc(Br)c(Cl)c1F. The van der Waals surface area contributed by atoms with Crippen LogP contribution in [0.1, 0.15) is 10.4 Å². The highest BCUT2D eigenvalue weighted by Crippen LogP contribution is 2.34. The Bertz CT molecular complexity index is 674. The molecule has 0 saturated heterocycles. The molecule has 2 nitrogen and oxygen atoms in total. The summed E-state index contributed by atoms with van der Waals surface area (Å²) in [6.45, 7) is 0. The zero-order chi connectivity index (χ0) is 14.2. The molecule has 0 radical (unpaired) electrons. The van der Waals surface area contributed by atoms with E-state index in [2.05, 4.69) is 15.9 Å². The van der Waals surface area contributed by atoms with Crippen molar-refractivity contribution in [2.24, 2.45) is 0 Å². The van der Waals surface area contributed by atoms with Gasteiger partial charge in [-0.1, -0.05) is 17.7 Å². The minimum atomic E-state index is -1.27. The smallest absolute Gasteiger partial charge is 0.336 e. The second kappa shape index (κ2) is 5.27. The Morgan fingerprint density at radius 3 is 2.47 bits per heavy atom. The predicted octanol–water partition coefficient (Wildman–Crippen LogP) is 4.75. The third-order valence-electron chi connectivity index (χ3n) is 2.54. The standard InChI is InChI=1S/C13H6BrClF2O2/c14-10-4-3-7(12(17)11(10)15)9-5-6(16)1-2-8(9)13(18)19/h1-5H,(H,18,19). The van der Waals surface area contributed by atoms with E-state index in [1.54, 1.807) is 0 Å². The van der Waals surface area contributed by atoms with Crippen molar-refractivity contribution in [3.8, 4) is 11.1 Å². The highest BCUT2D eigenvalue weighted by atomic mass is 79.9. The molecule has 0 saturated carbocycles. The Morgan fingerprint density at radius 2 is 1.84 bits per heavy atom. The lowest BCUT2D eigenvalue weighted by Crippen LogP contribution is -2.01. The summed E-state index contributed by atoms with van der Waals surface area (Å²) >= 11 is 8.79. The van der Waals surface area contributed by atoms with E-state index in [0.717, 1.165) is 18.2 Å². The summed E-state index contributed by atoms with van der Waals surface area (Å²) in [7, 11) is 0. The van der Waals surface area contributed by atoms with Crippen molar-refractivity contribution in [1.82, 2.24) is 0 Å². The summed E-state index contributed by atoms with van der Waals surface area (Å²) in [5, 5.41) is 8.86. The van der Waals surface area contributed by atoms with Crippen molar-refractivity contribution in [2.45, 2.75) is 0 Å². The lowest BCUT2D eigenvalue weighted by molar-refractivity contribution is 0.0697. The lowest BCUT2D eigenvalue weighted by Gasteiger charge is -2.09. The number of aromatic carboxylic acids is 1. The van der Waals surface area contributed by atoms with Crippen LogP contribution in [0.15, 0.2) is 34.8 Å². The quantitative estimate of drug-likeness (QED) is 0.796. The van der Waals surface area contributed by atoms with E-state index in [-0.39, 0.29) is 21.7 Å². The van der Waals surface area contributed by atoms with Crippen molar-refractivity contribution < 1.29 is 18.7 Å². The van der Waals surface area contributed by atoms with Crippen molar-refractivity contribution in [3.63, 3.8) is 0 Å². The molecule has 0 aliphatic rings. The Labute approximate surface area is 120 Å². The van der Waals surface area contributed by atoms with Crippen LogP contribution in [0.2, 0.25) is 5.02 Å². The first-order chi connectivity index (χ1) is 8.91. The first-order valence-corrected chi connectivity index (χ1v) is 6.25. The fraction of sp³-hybridized carbons (Fsp3) is 0. The maximum absolute atomic E-state index is 14.0. The van der Waals surface area contributed by atoms with Crippen LogP contribution in [0.5, 0.6) is 0 Å². The van der Waals surface area contributed by atoms with Crippen LogP contribution >= 0.6 is 27.5 Å². The zero-order valence-electron chi connectivity index (χ0n) is 9.25. The van der Waals surface area contributed by atoms with Gasteiger partial charge in [0.25, 0.3) is 0 Å². The van der Waals surface area contributed by atoms with Gasteiger partial charge in [-0.05, 0) is 40.2 Å². The van der Waals surface area contributed by atoms with Crippen LogP contribution in [-0.4, -0.2) is 11.1 Å². The van der Waals surface area contributed by atoms with Crippen LogP contribution in [0.4, 0.5) is 8.78 Å². The Balaban J connectivity index is 2.75. The molecule has 0 heterocycles. The van der Waals surface area contributed by atoms with Gasteiger partial charge in [-0.2, -0.15) is 0 Å². The number of hydrogen-bond acceptors (Lipinski definition) is 1. The van der Waals surface area contributed by atoms with Gasteiger partial charge in [0.1, 0.15) is 5.82 Å². The van der Waals surface area contributed by atoms with Crippen molar-refractivity contribution >= 4 is 33.5 Å². The molecular weight excluding hydrogens is 341 g/mol. The molecule has 2 aromatic carbocycles. The Kier molecular flexibility index (Phi) is 3.87. The van der Waals surface area contributed by atoms with Gasteiger partial charge >= 0.3 is 5.97 Å². The minimum Gasteiger partial charge on any atom is -0.478 e. The number of carbonyl (C=O) groups is 1. The van der Waals surface area contributed by atoms with E-state index in [1.165, 1.54) is 12.1 Å². The summed E-state index contributed by atoms with van der Waals surface area (Å²) in [5.41, 5.74) is -0.316. The Morgan fingerprint density at radius 1 is 1.16 bits per heavy atom. The predicted molar refractivity (Wildman–Crippen MR) is 71.5 cm³/mol. The highest BCUT2D eigenvalue weighted by molar-refractivity contribution is 9.10. The van der Waals surface area contributed by atoms with Gasteiger partial charge in [-0.3, -0.25) is 0 Å². The molecule has 0 fully saturated rings. The maximum atomic E-state index is 14.0. The molecule has 2 rings (SSSR count). The number of halogens is 4. The highest BCUT2D eigenvalue weighted by Gasteiger charge is 2.18. The molecule has 19 heavy (non-hydrogen) atoms. The Hall–Kier alpha value is -1.46. The molecule has 0 amide bonds. The van der Waals surface area contributed by atoms with Crippen LogP contribution in [0.3, 0.4) is 0 Å². The molecule has 0 aromatic heterocycles. The molecule has 0 bridgehead atoms. The number of hydrogen-bond donors (Lipinski definition) is 1. The molecule has 0 atom stereocenters. The number of rotatable bonds is 2.